The molecule has 3 rings (SSSR count). The van der Waals surface area contributed by atoms with Crippen LogP contribution in [0.3, 0.4) is 0 Å². The van der Waals surface area contributed by atoms with E-state index in [1.165, 1.54) is 0 Å². The van der Waals surface area contributed by atoms with Gasteiger partial charge in [0.2, 0.25) is 6.23 Å². The summed E-state index contributed by atoms with van der Waals surface area (Å²) in [5, 5.41) is 2.85. The van der Waals surface area contributed by atoms with E-state index in [-0.39, 0.29) is 5.91 Å². The van der Waals surface area contributed by atoms with Gasteiger partial charge in [-0.25, -0.2) is 0 Å². The van der Waals surface area contributed by atoms with Crippen molar-refractivity contribution in [2.45, 2.75) is 13.2 Å². The third-order valence-electron chi connectivity index (χ3n) is 3.61. The van der Waals surface area contributed by atoms with E-state index in [1.807, 2.05) is 25.1 Å². The van der Waals surface area contributed by atoms with Crippen molar-refractivity contribution in [3.05, 3.63) is 65.7 Å². The van der Waals surface area contributed by atoms with Crippen LogP contribution in [-0.2, 0) is 0 Å². The summed E-state index contributed by atoms with van der Waals surface area (Å²) in [7, 11) is 1.57. The van der Waals surface area contributed by atoms with E-state index in [0.29, 0.717) is 35.0 Å². The van der Waals surface area contributed by atoms with Crippen LogP contribution in [0, 0.1) is 0 Å². The van der Waals surface area contributed by atoms with Crippen LogP contribution in [0.25, 0.3) is 0 Å². The number of ether oxygens (including phenoxy) is 3. The van der Waals surface area contributed by atoms with E-state index in [4.69, 9.17) is 14.2 Å². The molecule has 0 fully saturated rings. The van der Waals surface area contributed by atoms with Crippen molar-refractivity contribution in [3.63, 3.8) is 0 Å². The van der Waals surface area contributed by atoms with Crippen molar-refractivity contribution < 1.29 is 19.0 Å². The first kappa shape index (κ1) is 15.9. The highest BCUT2D eigenvalue weighted by Crippen LogP contribution is 2.38. The summed E-state index contributed by atoms with van der Waals surface area (Å²) >= 11 is 0. The lowest BCUT2D eigenvalue weighted by Crippen LogP contribution is -2.37. The van der Waals surface area contributed by atoms with Gasteiger partial charge in [-0.3, -0.25) is 4.79 Å². The molecule has 1 aliphatic heterocycles. The maximum Gasteiger partial charge on any atom is 0.258 e. The normalized spacial score (nSPS) is 15.8. The number of fused-ring (bicyclic) bond motifs is 1. The van der Waals surface area contributed by atoms with Gasteiger partial charge in [-0.05, 0) is 36.8 Å². The van der Waals surface area contributed by atoms with Gasteiger partial charge in [-0.2, -0.15) is 0 Å². The van der Waals surface area contributed by atoms with Crippen LogP contribution in [0.5, 0.6) is 17.2 Å². The number of hydrogen-bond donors (Lipinski definition) is 1. The molecule has 0 aromatic heterocycles. The molecule has 1 aliphatic rings. The second-order valence-corrected chi connectivity index (χ2v) is 5.59. The van der Waals surface area contributed by atoms with Gasteiger partial charge in [0.25, 0.3) is 5.91 Å². The van der Waals surface area contributed by atoms with Crippen molar-refractivity contribution in [3.8, 4) is 17.2 Å². The number of rotatable bonds is 5. The zero-order chi connectivity index (χ0) is 17.1. The molecular weight excluding hydrogens is 306 g/mol. The number of nitrogens with one attached hydrogen (secondary N) is 1. The number of hydrogen-bond acceptors (Lipinski definition) is 4. The summed E-state index contributed by atoms with van der Waals surface area (Å²) in [6, 6.07) is 12.6. The molecule has 0 saturated heterocycles. The summed E-state index contributed by atoms with van der Waals surface area (Å²) in [5.41, 5.74) is 2.09. The first-order chi connectivity index (χ1) is 11.6. The minimum Gasteiger partial charge on any atom is -0.493 e. The Labute approximate surface area is 140 Å². The summed E-state index contributed by atoms with van der Waals surface area (Å²) in [5.74, 6) is 1.47. The van der Waals surface area contributed by atoms with Gasteiger partial charge in [0.1, 0.15) is 12.4 Å². The Bertz CT molecular complexity index is 785. The quantitative estimate of drug-likeness (QED) is 0.855. The Hall–Kier alpha value is -2.95. The fourth-order valence-corrected chi connectivity index (χ4v) is 2.50. The van der Waals surface area contributed by atoms with Crippen LogP contribution in [0.1, 0.15) is 29.1 Å². The monoisotopic (exact) mass is 325 g/mol. The van der Waals surface area contributed by atoms with Crippen LogP contribution >= 0.6 is 0 Å². The number of para-hydroxylation sites is 2. The fourth-order valence-electron chi connectivity index (χ4n) is 2.50. The van der Waals surface area contributed by atoms with Crippen LogP contribution < -0.4 is 19.5 Å². The molecule has 0 spiro atoms. The Morgan fingerprint density at radius 1 is 1.25 bits per heavy atom. The Balaban J connectivity index is 1.97. The molecule has 1 atom stereocenters. The lowest BCUT2D eigenvalue weighted by atomic mass is 10.1. The first-order valence-corrected chi connectivity index (χ1v) is 7.60. The third-order valence-corrected chi connectivity index (χ3v) is 3.61. The highest BCUT2D eigenvalue weighted by molar-refractivity contribution is 5.98. The number of amides is 1. The summed E-state index contributed by atoms with van der Waals surface area (Å²) < 4.78 is 17.2. The van der Waals surface area contributed by atoms with E-state index in [2.05, 4.69) is 11.9 Å². The zero-order valence-electron chi connectivity index (χ0n) is 13.7. The Morgan fingerprint density at radius 2 is 2.04 bits per heavy atom. The number of carbonyl (C=O) groups excluding carboxylic acids is 1. The van der Waals surface area contributed by atoms with Crippen molar-refractivity contribution in [1.82, 2.24) is 5.32 Å². The van der Waals surface area contributed by atoms with Gasteiger partial charge in [-0.1, -0.05) is 24.8 Å². The second-order valence-electron chi connectivity index (χ2n) is 5.59. The SMILES string of the molecule is C=C(C)COc1c(OC)cccc1[C@@H]1NC(=O)c2ccccc2O1. The lowest BCUT2D eigenvalue weighted by molar-refractivity contribution is 0.0749. The summed E-state index contributed by atoms with van der Waals surface area (Å²) in [6.45, 7) is 6.07. The number of carbonyl (C=O) groups is 1. The molecule has 0 aliphatic carbocycles. The summed E-state index contributed by atoms with van der Waals surface area (Å²) in [6.07, 6.45) is -0.650. The summed E-state index contributed by atoms with van der Waals surface area (Å²) in [4.78, 5) is 12.3. The van der Waals surface area contributed by atoms with Crippen LogP contribution in [0.15, 0.2) is 54.6 Å². The zero-order valence-corrected chi connectivity index (χ0v) is 13.7. The highest BCUT2D eigenvalue weighted by Gasteiger charge is 2.29. The molecule has 5 heteroatoms. The topological polar surface area (TPSA) is 56.8 Å². The molecule has 2 aromatic carbocycles. The van der Waals surface area contributed by atoms with Crippen molar-refractivity contribution in [2.75, 3.05) is 13.7 Å². The maximum atomic E-state index is 12.3. The average molecular weight is 325 g/mol. The molecule has 1 heterocycles. The smallest absolute Gasteiger partial charge is 0.258 e. The fraction of sp³-hybridized carbons (Fsp3) is 0.211. The second kappa shape index (κ2) is 6.66. The van der Waals surface area contributed by atoms with E-state index in [9.17, 15) is 4.79 Å². The van der Waals surface area contributed by atoms with Gasteiger partial charge < -0.3 is 19.5 Å². The van der Waals surface area contributed by atoms with Crippen molar-refractivity contribution in [2.24, 2.45) is 0 Å². The van der Waals surface area contributed by atoms with Gasteiger partial charge in [0, 0.05) is 0 Å². The highest BCUT2D eigenvalue weighted by atomic mass is 16.5. The lowest BCUT2D eigenvalue weighted by Gasteiger charge is -2.28. The molecule has 0 radical (unpaired) electrons. The van der Waals surface area contributed by atoms with Gasteiger partial charge >= 0.3 is 0 Å². The van der Waals surface area contributed by atoms with E-state index in [1.54, 1.807) is 31.4 Å². The van der Waals surface area contributed by atoms with Crippen LogP contribution in [-0.4, -0.2) is 19.6 Å². The Morgan fingerprint density at radius 3 is 2.79 bits per heavy atom. The molecule has 24 heavy (non-hydrogen) atoms. The minimum absolute atomic E-state index is 0.185. The van der Waals surface area contributed by atoms with Crippen LogP contribution in [0.2, 0.25) is 0 Å². The molecule has 0 saturated carbocycles. The van der Waals surface area contributed by atoms with Crippen molar-refractivity contribution >= 4 is 5.91 Å². The molecule has 2 aromatic rings. The van der Waals surface area contributed by atoms with Gasteiger partial charge in [0.05, 0.1) is 18.2 Å². The molecule has 5 nitrogen and oxygen atoms in total. The predicted octanol–water partition coefficient (Wildman–Crippen LogP) is 3.47. The maximum absolute atomic E-state index is 12.3. The van der Waals surface area contributed by atoms with Gasteiger partial charge in [-0.15, -0.1) is 0 Å². The Kier molecular flexibility index (Phi) is 4.42. The average Bonchev–Trinajstić information content (AvgIpc) is 2.59. The van der Waals surface area contributed by atoms with Crippen molar-refractivity contribution in [1.29, 1.82) is 0 Å². The van der Waals surface area contributed by atoms with E-state index < -0.39 is 6.23 Å². The molecule has 1 amide bonds. The van der Waals surface area contributed by atoms with E-state index >= 15 is 0 Å². The largest absolute Gasteiger partial charge is 0.493 e. The number of methoxy groups -OCH3 is 1. The molecule has 124 valence electrons. The number of benzene rings is 2. The predicted molar refractivity (Wildman–Crippen MR) is 90.6 cm³/mol. The minimum atomic E-state index is -0.650. The molecule has 1 N–H and O–H groups in total. The standard InChI is InChI=1S/C19H19NO4/c1-12(2)11-23-17-14(8-6-10-16(17)22-3)19-20-18(21)13-7-4-5-9-15(13)24-19/h4-10,19H,1,11H2,2-3H3,(H,20,21)/t19-/m1/s1. The molecule has 0 bridgehead atoms. The van der Waals surface area contributed by atoms with E-state index in [0.717, 1.165) is 5.57 Å². The molecule has 0 unspecified atom stereocenters. The third kappa shape index (κ3) is 3.06. The first-order valence-electron chi connectivity index (χ1n) is 7.60. The van der Waals surface area contributed by atoms with Gasteiger partial charge in [0.15, 0.2) is 11.5 Å². The van der Waals surface area contributed by atoms with Crippen LogP contribution in [0.4, 0.5) is 0 Å². The molecular formula is C19H19NO4.